The summed E-state index contributed by atoms with van der Waals surface area (Å²) < 4.78 is 26.3. The van der Waals surface area contributed by atoms with Crippen LogP contribution in [0.25, 0.3) is 0 Å². The number of rotatable bonds is 3. The summed E-state index contributed by atoms with van der Waals surface area (Å²) in [6.07, 6.45) is 0. The van der Waals surface area contributed by atoms with Crippen LogP contribution in [0.5, 0.6) is 0 Å². The van der Waals surface area contributed by atoms with Crippen LogP contribution < -0.4 is 0 Å². The van der Waals surface area contributed by atoms with E-state index in [1.54, 1.807) is 18.9 Å². The summed E-state index contributed by atoms with van der Waals surface area (Å²) in [7, 11) is 1.69. The molecule has 0 aliphatic rings. The van der Waals surface area contributed by atoms with Gasteiger partial charge in [-0.25, -0.2) is 8.78 Å². The van der Waals surface area contributed by atoms with E-state index in [4.69, 9.17) is 5.26 Å². The van der Waals surface area contributed by atoms with Crippen LogP contribution in [0.3, 0.4) is 0 Å². The maximum absolute atomic E-state index is 13.3. The molecular formula is C11H12F2N2. The quantitative estimate of drug-likeness (QED) is 0.716. The Kier molecular flexibility index (Phi) is 3.75. The van der Waals surface area contributed by atoms with E-state index in [0.29, 0.717) is 0 Å². The molecule has 1 unspecified atom stereocenters. The molecule has 1 aromatic carbocycles. The first-order chi connectivity index (χ1) is 7.06. The summed E-state index contributed by atoms with van der Waals surface area (Å²) in [4.78, 5) is 1.65. The Morgan fingerprint density at radius 2 is 2.13 bits per heavy atom. The molecule has 1 atom stereocenters. The summed E-state index contributed by atoms with van der Waals surface area (Å²) in [6.45, 7) is 1.91. The van der Waals surface area contributed by atoms with Crippen molar-refractivity contribution in [1.82, 2.24) is 4.90 Å². The van der Waals surface area contributed by atoms with E-state index in [1.165, 1.54) is 0 Å². The molecule has 0 N–H and O–H groups in total. The number of halogens is 2. The average molecular weight is 210 g/mol. The van der Waals surface area contributed by atoms with Gasteiger partial charge in [0.25, 0.3) is 0 Å². The van der Waals surface area contributed by atoms with Crippen molar-refractivity contribution in [3.63, 3.8) is 0 Å². The molecule has 0 radical (unpaired) electrons. The maximum atomic E-state index is 13.3. The first-order valence-corrected chi connectivity index (χ1v) is 4.58. The number of nitriles is 1. The second kappa shape index (κ2) is 4.85. The Morgan fingerprint density at radius 3 is 2.73 bits per heavy atom. The van der Waals surface area contributed by atoms with Gasteiger partial charge in [-0.1, -0.05) is 0 Å². The number of benzene rings is 1. The Bertz CT molecular complexity index is 385. The average Bonchev–Trinajstić information content (AvgIpc) is 2.21. The molecule has 0 aromatic heterocycles. The van der Waals surface area contributed by atoms with Gasteiger partial charge in [-0.2, -0.15) is 5.26 Å². The lowest BCUT2D eigenvalue weighted by Crippen LogP contribution is -2.23. The minimum atomic E-state index is -0.469. The lowest BCUT2D eigenvalue weighted by atomic mass is 10.1. The number of hydrogen-bond acceptors (Lipinski definition) is 2. The molecule has 0 spiro atoms. The summed E-state index contributed by atoms with van der Waals surface area (Å²) >= 11 is 0. The lowest BCUT2D eigenvalue weighted by Gasteiger charge is -2.22. The zero-order valence-electron chi connectivity index (χ0n) is 8.67. The SMILES string of the molecule is CC(c1cc(F)ccc1F)N(C)CC#N. The van der Waals surface area contributed by atoms with Crippen LogP contribution in [0.4, 0.5) is 8.78 Å². The zero-order chi connectivity index (χ0) is 11.4. The maximum Gasteiger partial charge on any atom is 0.128 e. The van der Waals surface area contributed by atoms with Gasteiger partial charge >= 0.3 is 0 Å². The van der Waals surface area contributed by atoms with E-state index in [1.807, 2.05) is 6.07 Å². The van der Waals surface area contributed by atoms with Crippen molar-refractivity contribution >= 4 is 0 Å². The normalized spacial score (nSPS) is 12.5. The molecule has 0 saturated heterocycles. The minimum Gasteiger partial charge on any atom is -0.287 e. The third-order valence-electron chi connectivity index (χ3n) is 2.39. The molecule has 1 rings (SSSR count). The first kappa shape index (κ1) is 11.6. The molecule has 0 fully saturated rings. The second-order valence-electron chi connectivity index (χ2n) is 3.42. The molecule has 0 bridgehead atoms. The highest BCUT2D eigenvalue weighted by Gasteiger charge is 2.15. The number of nitrogens with zero attached hydrogens (tertiary/aromatic N) is 2. The van der Waals surface area contributed by atoms with E-state index >= 15 is 0 Å². The van der Waals surface area contributed by atoms with Crippen molar-refractivity contribution < 1.29 is 8.78 Å². The van der Waals surface area contributed by atoms with Crippen molar-refractivity contribution in [2.75, 3.05) is 13.6 Å². The Morgan fingerprint density at radius 1 is 1.47 bits per heavy atom. The molecule has 0 amide bonds. The van der Waals surface area contributed by atoms with Crippen LogP contribution in [-0.2, 0) is 0 Å². The molecule has 0 aliphatic carbocycles. The number of hydrogen-bond donors (Lipinski definition) is 0. The first-order valence-electron chi connectivity index (χ1n) is 4.58. The van der Waals surface area contributed by atoms with E-state index in [2.05, 4.69) is 0 Å². The fourth-order valence-electron chi connectivity index (χ4n) is 1.32. The Hall–Kier alpha value is -1.47. The zero-order valence-corrected chi connectivity index (χ0v) is 8.67. The van der Waals surface area contributed by atoms with E-state index < -0.39 is 11.6 Å². The molecule has 2 nitrogen and oxygen atoms in total. The Labute approximate surface area is 87.7 Å². The lowest BCUT2D eigenvalue weighted by molar-refractivity contribution is 0.285. The summed E-state index contributed by atoms with van der Waals surface area (Å²) in [5.74, 6) is -0.919. The van der Waals surface area contributed by atoms with Crippen LogP contribution in [0.15, 0.2) is 18.2 Å². The van der Waals surface area contributed by atoms with E-state index in [-0.39, 0.29) is 18.2 Å². The van der Waals surface area contributed by atoms with Crippen molar-refractivity contribution in [2.45, 2.75) is 13.0 Å². The highest BCUT2D eigenvalue weighted by molar-refractivity contribution is 5.22. The van der Waals surface area contributed by atoms with Gasteiger partial charge in [-0.15, -0.1) is 0 Å². The van der Waals surface area contributed by atoms with Gasteiger partial charge in [0, 0.05) is 11.6 Å². The summed E-state index contributed by atoms with van der Waals surface area (Å²) in [6, 6.07) is 4.98. The molecule has 1 aromatic rings. The van der Waals surface area contributed by atoms with Gasteiger partial charge in [-0.3, -0.25) is 4.90 Å². The summed E-state index contributed by atoms with van der Waals surface area (Å²) in [5, 5.41) is 8.50. The molecular weight excluding hydrogens is 198 g/mol. The summed E-state index contributed by atoms with van der Waals surface area (Å²) in [5.41, 5.74) is 0.271. The van der Waals surface area contributed by atoms with Gasteiger partial charge in [-0.05, 0) is 32.2 Å². The van der Waals surface area contributed by atoms with Crippen LogP contribution in [0, 0.1) is 23.0 Å². The van der Waals surface area contributed by atoms with E-state index in [9.17, 15) is 8.78 Å². The third-order valence-corrected chi connectivity index (χ3v) is 2.39. The van der Waals surface area contributed by atoms with Crippen molar-refractivity contribution in [2.24, 2.45) is 0 Å². The fraction of sp³-hybridized carbons (Fsp3) is 0.364. The van der Waals surface area contributed by atoms with Gasteiger partial charge in [0.05, 0.1) is 12.6 Å². The Balaban J connectivity index is 2.95. The monoisotopic (exact) mass is 210 g/mol. The van der Waals surface area contributed by atoms with Crippen molar-refractivity contribution in [3.05, 3.63) is 35.4 Å². The second-order valence-corrected chi connectivity index (χ2v) is 3.42. The van der Waals surface area contributed by atoms with Gasteiger partial charge in [0.1, 0.15) is 11.6 Å². The highest BCUT2D eigenvalue weighted by Crippen LogP contribution is 2.22. The van der Waals surface area contributed by atoms with Gasteiger partial charge in [0.2, 0.25) is 0 Å². The van der Waals surface area contributed by atoms with E-state index in [0.717, 1.165) is 18.2 Å². The molecule has 0 saturated carbocycles. The molecule has 80 valence electrons. The van der Waals surface area contributed by atoms with Crippen LogP contribution in [-0.4, -0.2) is 18.5 Å². The molecule has 4 heteroatoms. The van der Waals surface area contributed by atoms with Gasteiger partial charge in [0.15, 0.2) is 0 Å². The standard InChI is InChI=1S/C11H12F2N2/c1-8(15(2)6-5-14)10-7-9(12)3-4-11(10)13/h3-4,7-8H,6H2,1-2H3. The molecule has 15 heavy (non-hydrogen) atoms. The van der Waals surface area contributed by atoms with Crippen molar-refractivity contribution in [3.8, 4) is 6.07 Å². The van der Waals surface area contributed by atoms with Crippen LogP contribution >= 0.6 is 0 Å². The van der Waals surface area contributed by atoms with Crippen molar-refractivity contribution in [1.29, 1.82) is 5.26 Å². The minimum absolute atomic E-state index is 0.178. The third kappa shape index (κ3) is 2.74. The topological polar surface area (TPSA) is 27.0 Å². The predicted molar refractivity (Wildman–Crippen MR) is 53.0 cm³/mol. The molecule has 0 heterocycles. The molecule has 0 aliphatic heterocycles. The smallest absolute Gasteiger partial charge is 0.128 e. The van der Waals surface area contributed by atoms with Crippen LogP contribution in [0.1, 0.15) is 18.5 Å². The predicted octanol–water partition coefficient (Wildman–Crippen LogP) is 2.48. The fourth-order valence-corrected chi connectivity index (χ4v) is 1.32. The highest BCUT2D eigenvalue weighted by atomic mass is 19.1. The van der Waals surface area contributed by atoms with Gasteiger partial charge < -0.3 is 0 Å². The van der Waals surface area contributed by atoms with Crippen LogP contribution in [0.2, 0.25) is 0 Å². The largest absolute Gasteiger partial charge is 0.287 e.